The van der Waals surface area contributed by atoms with Crippen LogP contribution in [0.15, 0.2) is 35.1 Å². The van der Waals surface area contributed by atoms with Gasteiger partial charge in [-0.2, -0.15) is 13.8 Å². The summed E-state index contributed by atoms with van der Waals surface area (Å²) in [5.41, 5.74) is 2.25. The van der Waals surface area contributed by atoms with Crippen LogP contribution in [0.4, 0.5) is 8.78 Å². The largest absolute Gasteiger partial charge is 0.487 e. The second-order valence-corrected chi connectivity index (χ2v) is 9.46. The average molecular weight is 543 g/mol. The van der Waals surface area contributed by atoms with Gasteiger partial charge in [0.1, 0.15) is 17.5 Å². The molecule has 1 fully saturated rings. The van der Waals surface area contributed by atoms with E-state index in [4.69, 9.17) is 44.1 Å². The van der Waals surface area contributed by atoms with Crippen molar-refractivity contribution in [1.29, 1.82) is 0 Å². The maximum atomic E-state index is 13.9. The first kappa shape index (κ1) is 23.8. The SMILES string of the molecule is Cc1cc(Cl)c2nc(-c3nc(-c4cc(Cl)c(O[C@@H]5CN(C)C(=O)C(F)(F)C5)cc4Cl)no3)cn2c1. The van der Waals surface area contributed by atoms with Crippen LogP contribution in [0.5, 0.6) is 5.75 Å². The Hall–Kier alpha value is -2.95. The molecule has 1 aliphatic heterocycles. The van der Waals surface area contributed by atoms with Gasteiger partial charge in [0.15, 0.2) is 5.65 Å². The van der Waals surface area contributed by atoms with Crippen molar-refractivity contribution in [1.82, 2.24) is 24.4 Å². The first-order valence-corrected chi connectivity index (χ1v) is 11.4. The van der Waals surface area contributed by atoms with E-state index in [-0.39, 0.29) is 34.1 Å². The molecule has 1 atom stereocenters. The molecular weight excluding hydrogens is 527 g/mol. The Bertz CT molecular complexity index is 1470. The number of carbonyl (C=O) groups excluding carboxylic acids is 1. The number of pyridine rings is 1. The fraction of sp³-hybridized carbons (Fsp3) is 0.273. The first-order chi connectivity index (χ1) is 16.5. The van der Waals surface area contributed by atoms with Crippen molar-refractivity contribution in [3.05, 3.63) is 51.2 Å². The number of hydrogen-bond acceptors (Lipinski definition) is 6. The number of rotatable bonds is 4. The van der Waals surface area contributed by atoms with E-state index in [1.165, 1.54) is 19.2 Å². The monoisotopic (exact) mass is 541 g/mol. The number of aryl methyl sites for hydroxylation is 1. The molecule has 5 rings (SSSR count). The summed E-state index contributed by atoms with van der Waals surface area (Å²) >= 11 is 19.0. The zero-order valence-corrected chi connectivity index (χ0v) is 20.5. The van der Waals surface area contributed by atoms with Gasteiger partial charge in [-0.15, -0.1) is 0 Å². The van der Waals surface area contributed by atoms with E-state index < -0.39 is 24.4 Å². The van der Waals surface area contributed by atoms with Crippen LogP contribution >= 0.6 is 34.8 Å². The van der Waals surface area contributed by atoms with Crippen LogP contribution in [0.1, 0.15) is 12.0 Å². The Morgan fingerprint density at radius 2 is 1.89 bits per heavy atom. The lowest BCUT2D eigenvalue weighted by Gasteiger charge is -2.34. The van der Waals surface area contributed by atoms with E-state index in [0.29, 0.717) is 21.9 Å². The number of likely N-dealkylation sites (tertiary alicyclic amines) is 1. The number of alkyl halides is 2. The van der Waals surface area contributed by atoms with E-state index in [9.17, 15) is 13.6 Å². The highest BCUT2D eigenvalue weighted by atomic mass is 35.5. The quantitative estimate of drug-likeness (QED) is 0.335. The van der Waals surface area contributed by atoms with Gasteiger partial charge in [0.2, 0.25) is 5.82 Å². The van der Waals surface area contributed by atoms with Crippen LogP contribution in [-0.4, -0.2) is 56.0 Å². The van der Waals surface area contributed by atoms with E-state index >= 15 is 0 Å². The number of imidazole rings is 1. The van der Waals surface area contributed by atoms with Gasteiger partial charge in [-0.1, -0.05) is 40.0 Å². The van der Waals surface area contributed by atoms with Crippen molar-refractivity contribution in [2.45, 2.75) is 25.4 Å². The smallest absolute Gasteiger partial charge is 0.328 e. The maximum absolute atomic E-state index is 13.9. The summed E-state index contributed by atoms with van der Waals surface area (Å²) in [5, 5.41) is 4.71. The predicted molar refractivity (Wildman–Crippen MR) is 125 cm³/mol. The number of fused-ring (bicyclic) bond motifs is 1. The average Bonchev–Trinajstić information content (AvgIpc) is 3.41. The van der Waals surface area contributed by atoms with Gasteiger partial charge in [0.05, 0.1) is 28.0 Å². The fourth-order valence-electron chi connectivity index (χ4n) is 3.88. The standard InChI is InChI=1S/C22H16Cl3F2N5O3/c1-10-3-15(25)19-28-16(9-32(19)7-10)20-29-18(30-35-20)12-4-14(24)17(5-13(12)23)34-11-6-22(26,27)21(33)31(2)8-11/h3-5,7,9,11H,6,8H2,1-2H3/t11-/m0/s1. The molecule has 0 radical (unpaired) electrons. The van der Waals surface area contributed by atoms with Crippen LogP contribution in [0.25, 0.3) is 28.6 Å². The number of halogens is 5. The third kappa shape index (κ3) is 4.41. The molecule has 3 aromatic heterocycles. The number of benzene rings is 1. The predicted octanol–water partition coefficient (Wildman–Crippen LogP) is 5.56. The number of amides is 1. The minimum absolute atomic E-state index is 0.0130. The molecule has 8 nitrogen and oxygen atoms in total. The highest BCUT2D eigenvalue weighted by Crippen LogP contribution is 2.38. The van der Waals surface area contributed by atoms with Crippen molar-refractivity contribution in [3.63, 3.8) is 0 Å². The van der Waals surface area contributed by atoms with Gasteiger partial charge in [-0.3, -0.25) is 4.79 Å². The van der Waals surface area contributed by atoms with Crippen molar-refractivity contribution >= 4 is 46.4 Å². The number of aromatic nitrogens is 4. The number of piperidine rings is 1. The molecule has 13 heteroatoms. The lowest BCUT2D eigenvalue weighted by molar-refractivity contribution is -0.169. The Kier molecular flexibility index (Phi) is 5.85. The van der Waals surface area contributed by atoms with E-state index in [0.717, 1.165) is 10.5 Å². The third-order valence-corrected chi connectivity index (χ3v) is 6.35. The highest BCUT2D eigenvalue weighted by molar-refractivity contribution is 6.36. The maximum Gasteiger partial charge on any atom is 0.328 e. The summed E-state index contributed by atoms with van der Waals surface area (Å²) in [5.74, 6) is -4.38. The Balaban J connectivity index is 1.41. The summed E-state index contributed by atoms with van der Waals surface area (Å²) < 4.78 is 40.7. The van der Waals surface area contributed by atoms with Crippen LogP contribution < -0.4 is 4.74 Å². The molecule has 1 aliphatic rings. The van der Waals surface area contributed by atoms with Crippen LogP contribution in [-0.2, 0) is 4.79 Å². The van der Waals surface area contributed by atoms with Gasteiger partial charge in [-0.25, -0.2) is 4.98 Å². The Morgan fingerprint density at radius 3 is 2.63 bits per heavy atom. The molecule has 0 unspecified atom stereocenters. The summed E-state index contributed by atoms with van der Waals surface area (Å²) in [6, 6.07) is 4.63. The van der Waals surface area contributed by atoms with E-state index in [1.807, 2.05) is 13.1 Å². The number of hydrogen-bond donors (Lipinski definition) is 0. The third-order valence-electron chi connectivity index (χ3n) is 5.47. The summed E-state index contributed by atoms with van der Waals surface area (Å²) in [7, 11) is 1.29. The molecule has 4 aromatic rings. The molecule has 0 aliphatic carbocycles. The van der Waals surface area contributed by atoms with E-state index in [2.05, 4.69) is 15.1 Å². The Labute approximate surface area is 212 Å². The molecule has 35 heavy (non-hydrogen) atoms. The van der Waals surface area contributed by atoms with Crippen molar-refractivity contribution in [2.24, 2.45) is 0 Å². The van der Waals surface area contributed by atoms with Crippen LogP contribution in [0.2, 0.25) is 15.1 Å². The molecule has 182 valence electrons. The zero-order chi connectivity index (χ0) is 25.1. The van der Waals surface area contributed by atoms with Gasteiger partial charge < -0.3 is 18.6 Å². The van der Waals surface area contributed by atoms with Crippen molar-refractivity contribution < 1.29 is 22.8 Å². The Morgan fingerprint density at radius 1 is 1.11 bits per heavy atom. The molecular formula is C22H16Cl3F2N5O3. The number of nitrogens with zero attached hydrogens (tertiary/aromatic N) is 5. The summed E-state index contributed by atoms with van der Waals surface area (Å²) in [6.07, 6.45) is 1.84. The first-order valence-electron chi connectivity index (χ1n) is 10.3. The van der Waals surface area contributed by atoms with Crippen molar-refractivity contribution in [2.75, 3.05) is 13.6 Å². The van der Waals surface area contributed by atoms with Gasteiger partial charge in [-0.05, 0) is 24.6 Å². The van der Waals surface area contributed by atoms with Crippen molar-refractivity contribution in [3.8, 4) is 28.7 Å². The summed E-state index contributed by atoms with van der Waals surface area (Å²) in [6.45, 7) is 1.90. The minimum atomic E-state index is -3.52. The molecule has 0 saturated carbocycles. The number of ether oxygens (including phenoxy) is 1. The van der Waals surface area contributed by atoms with E-state index in [1.54, 1.807) is 16.7 Å². The second-order valence-electron chi connectivity index (χ2n) is 8.24. The molecule has 4 heterocycles. The van der Waals surface area contributed by atoms with Crippen LogP contribution in [0, 0.1) is 6.92 Å². The highest BCUT2D eigenvalue weighted by Gasteiger charge is 2.48. The molecule has 0 bridgehead atoms. The topological polar surface area (TPSA) is 85.8 Å². The molecule has 0 spiro atoms. The van der Waals surface area contributed by atoms with Gasteiger partial charge >= 0.3 is 5.92 Å². The second kappa shape index (κ2) is 8.61. The molecule has 1 amide bonds. The zero-order valence-electron chi connectivity index (χ0n) is 18.2. The minimum Gasteiger partial charge on any atom is -0.487 e. The molecule has 0 N–H and O–H groups in total. The van der Waals surface area contributed by atoms with Crippen LogP contribution in [0.3, 0.4) is 0 Å². The lowest BCUT2D eigenvalue weighted by atomic mass is 10.0. The summed E-state index contributed by atoms with van der Waals surface area (Å²) in [4.78, 5) is 21.3. The lowest BCUT2D eigenvalue weighted by Crippen LogP contribution is -2.53. The fourth-order valence-corrected chi connectivity index (χ4v) is 4.64. The normalized spacial score (nSPS) is 17.9. The number of carbonyl (C=O) groups is 1. The number of likely N-dealkylation sites (N-methyl/N-ethyl adjacent to an activating group) is 1. The molecule has 1 aromatic carbocycles. The molecule has 1 saturated heterocycles. The van der Waals surface area contributed by atoms with Gasteiger partial charge in [0.25, 0.3) is 11.8 Å². The van der Waals surface area contributed by atoms with Gasteiger partial charge in [0, 0.05) is 31.1 Å².